The largest absolute Gasteiger partial charge is 3.00 e. The van der Waals surface area contributed by atoms with E-state index in [-0.39, 0.29) is 32.8 Å². The summed E-state index contributed by atoms with van der Waals surface area (Å²) >= 11 is 0. The number of hydrogen-bond donors (Lipinski definition) is 0. The first-order chi connectivity index (χ1) is 1.73. The van der Waals surface area contributed by atoms with Crippen LogP contribution in [0.3, 0.4) is 0 Å². The molecule has 32 valence electrons. The minimum absolute atomic E-state index is 0. The number of carboxylic acid groups (broad SMARTS) is 2. The van der Waals surface area contributed by atoms with Gasteiger partial charge >= 0.3 is 27.3 Å². The van der Waals surface area contributed by atoms with Crippen molar-refractivity contribution in [2.75, 3.05) is 0 Å². The molecule has 0 bridgehead atoms. The zero-order valence-corrected chi connectivity index (χ0v) is 7.24. The molecule has 0 radical (unpaired) electrons. The normalized spacial score (nSPS) is 4.00. The second-order valence-electron chi connectivity index (χ2n) is 0.250. The second kappa shape index (κ2) is 8.94. The summed E-state index contributed by atoms with van der Waals surface area (Å²) in [7, 11) is 0. The van der Waals surface area contributed by atoms with Crippen LogP contribution in [-0.4, -0.2) is 38.9 Å². The van der Waals surface area contributed by atoms with E-state index in [0.717, 1.165) is 0 Å². The van der Waals surface area contributed by atoms with Crippen LogP contribution >= 0.6 is 0 Å². The Morgan fingerprint density at radius 2 is 1.33 bits per heavy atom. The van der Waals surface area contributed by atoms with Gasteiger partial charge in [-0.3, -0.25) is 0 Å². The Balaban J connectivity index is -0.0000000450. The smallest absolute Gasteiger partial charge is 0.870 e. The third-order valence-corrected chi connectivity index (χ3v) is 0. The van der Waals surface area contributed by atoms with Gasteiger partial charge < -0.3 is 20.5 Å². The molecule has 0 aromatic heterocycles. The summed E-state index contributed by atoms with van der Waals surface area (Å²) in [5, 5.41) is 16.7. The van der Waals surface area contributed by atoms with Crippen LogP contribution in [0.5, 0.6) is 0 Å². The summed E-state index contributed by atoms with van der Waals surface area (Å²) in [5.74, 6) is 0. The molecule has 0 saturated heterocycles. The van der Waals surface area contributed by atoms with E-state index in [9.17, 15) is 0 Å². The summed E-state index contributed by atoms with van der Waals surface area (Å²) in [6.45, 7) is 0. The first-order valence-electron chi connectivity index (χ1n) is 0.612. The molecule has 1 N–H and O–H groups in total. The van der Waals surface area contributed by atoms with Crippen molar-refractivity contribution >= 4 is 33.5 Å². The third-order valence-electron chi connectivity index (χ3n) is 0. The minimum atomic E-state index is -2.33. The van der Waals surface area contributed by atoms with Gasteiger partial charge in [0.2, 0.25) is 0 Å². The topological polar surface area (TPSA) is 93.2 Å². The molecule has 0 saturated carbocycles. The average Bonchev–Trinajstić information content (AvgIpc) is 0.811. The van der Waals surface area contributed by atoms with Crippen molar-refractivity contribution in [3.8, 4) is 0 Å². The maximum Gasteiger partial charge on any atom is 3.00 e. The molecule has 0 aromatic rings. The van der Waals surface area contributed by atoms with E-state index in [4.69, 9.17) is 15.0 Å². The fraction of sp³-hybridized carbons (Fsp3) is 0. The molecule has 0 aliphatic heterocycles. The van der Waals surface area contributed by atoms with E-state index in [0.29, 0.717) is 0 Å². The molecule has 0 rings (SSSR count). The Morgan fingerprint density at radius 1 is 1.33 bits per heavy atom. The van der Waals surface area contributed by atoms with Crippen LogP contribution in [0.1, 0.15) is 0 Å². The Hall–Kier alpha value is 0.152. The molecular weight excluding hydrogens is 280 g/mol. The fourth-order valence-corrected chi connectivity index (χ4v) is 0. The van der Waals surface area contributed by atoms with Crippen molar-refractivity contribution < 1.29 is 20.5 Å². The quantitative estimate of drug-likeness (QED) is 0.442. The molecule has 0 atom stereocenters. The summed E-state index contributed by atoms with van der Waals surface area (Å²) in [5.41, 5.74) is 0. The Morgan fingerprint density at radius 3 is 1.33 bits per heavy atom. The van der Waals surface area contributed by atoms with E-state index in [1.54, 1.807) is 0 Å². The molecular formula is CHO4Tl. The van der Waals surface area contributed by atoms with Crippen LogP contribution in [0.2, 0.25) is 0 Å². The van der Waals surface area contributed by atoms with Crippen molar-refractivity contribution in [2.45, 2.75) is 0 Å². The summed E-state index contributed by atoms with van der Waals surface area (Å²) in [6.07, 6.45) is -2.33. The SMILES string of the molecule is O=C([O-])[O-].[OH-].[Tl+3]. The standard InChI is InChI=1S/CH2O3.H2O.Tl/c2-1(3)4;;/h(H2,2,3,4);1H2;/q;;+3/p-3. The monoisotopic (exact) mass is 282 g/mol. The molecule has 0 aromatic carbocycles. The number of hydrogen-bond acceptors (Lipinski definition) is 4. The van der Waals surface area contributed by atoms with Crippen LogP contribution in [0.15, 0.2) is 0 Å². The van der Waals surface area contributed by atoms with Crippen molar-refractivity contribution in [3.05, 3.63) is 0 Å². The van der Waals surface area contributed by atoms with Gasteiger partial charge in [-0.15, -0.1) is 0 Å². The maximum atomic E-state index is 8.33. The van der Waals surface area contributed by atoms with Gasteiger partial charge in [0.05, 0.1) is 0 Å². The van der Waals surface area contributed by atoms with Gasteiger partial charge in [0, 0.05) is 0 Å². The molecule has 0 fully saturated rings. The predicted octanol–water partition coefficient (Wildman–Crippen LogP) is -3.00. The van der Waals surface area contributed by atoms with E-state index < -0.39 is 6.16 Å². The predicted molar refractivity (Wildman–Crippen MR) is 13.1 cm³/mol. The maximum absolute atomic E-state index is 8.33. The molecule has 0 aliphatic rings. The van der Waals surface area contributed by atoms with Crippen LogP contribution in [0.4, 0.5) is 4.79 Å². The van der Waals surface area contributed by atoms with E-state index in [2.05, 4.69) is 0 Å². The van der Waals surface area contributed by atoms with Crippen LogP contribution < -0.4 is 10.2 Å². The summed E-state index contributed by atoms with van der Waals surface area (Å²) in [4.78, 5) is 8.33. The Labute approximate surface area is 54.3 Å². The van der Waals surface area contributed by atoms with Crippen molar-refractivity contribution in [1.29, 1.82) is 0 Å². The fourth-order valence-electron chi connectivity index (χ4n) is 0. The zero-order chi connectivity index (χ0) is 3.58. The van der Waals surface area contributed by atoms with Gasteiger partial charge in [-0.25, -0.2) is 0 Å². The number of carbonyl (C=O) groups excluding carboxylic acids is 1. The third kappa shape index (κ3) is 1780. The van der Waals surface area contributed by atoms with Crippen LogP contribution in [-0.2, 0) is 0 Å². The van der Waals surface area contributed by atoms with E-state index in [1.807, 2.05) is 0 Å². The summed E-state index contributed by atoms with van der Waals surface area (Å²) < 4.78 is 0. The number of carbonyl (C=O) groups is 1. The molecule has 4 nitrogen and oxygen atoms in total. The Kier molecular flexibility index (Phi) is 24.5. The first kappa shape index (κ1) is 16.4. The zero-order valence-electron chi connectivity index (χ0n) is 2.75. The Bertz CT molecular complexity index is 30.5. The van der Waals surface area contributed by atoms with Gasteiger partial charge in [-0.2, -0.15) is 0 Å². The van der Waals surface area contributed by atoms with Gasteiger partial charge in [0.1, 0.15) is 0 Å². The van der Waals surface area contributed by atoms with Crippen molar-refractivity contribution in [1.82, 2.24) is 0 Å². The minimum Gasteiger partial charge on any atom is -0.870 e. The molecule has 0 amide bonds. The molecule has 5 heteroatoms. The van der Waals surface area contributed by atoms with Crippen LogP contribution in [0, 0.1) is 0 Å². The van der Waals surface area contributed by atoms with Gasteiger partial charge in [0.25, 0.3) is 0 Å². The first-order valence-corrected chi connectivity index (χ1v) is 0.612. The molecule has 0 aliphatic carbocycles. The second-order valence-corrected chi connectivity index (χ2v) is 0.250. The molecule has 0 heterocycles. The van der Waals surface area contributed by atoms with E-state index >= 15 is 0 Å². The van der Waals surface area contributed by atoms with Crippen molar-refractivity contribution in [2.24, 2.45) is 0 Å². The van der Waals surface area contributed by atoms with Gasteiger partial charge in [-0.05, 0) is 6.16 Å². The van der Waals surface area contributed by atoms with E-state index in [1.165, 1.54) is 0 Å². The average molecular weight is 281 g/mol. The van der Waals surface area contributed by atoms with Crippen molar-refractivity contribution in [3.63, 3.8) is 0 Å². The van der Waals surface area contributed by atoms with Gasteiger partial charge in [-0.1, -0.05) is 0 Å². The number of rotatable bonds is 0. The molecule has 0 unspecified atom stereocenters. The summed E-state index contributed by atoms with van der Waals surface area (Å²) in [6, 6.07) is 0. The molecule has 0 spiro atoms. The molecule has 6 heavy (non-hydrogen) atoms. The van der Waals surface area contributed by atoms with Gasteiger partial charge in [0.15, 0.2) is 0 Å². The van der Waals surface area contributed by atoms with Crippen LogP contribution in [0.25, 0.3) is 0 Å².